The Morgan fingerprint density at radius 1 is 1.33 bits per heavy atom. The summed E-state index contributed by atoms with van der Waals surface area (Å²) in [5.74, 6) is 2.14. The first-order chi connectivity index (χ1) is 9.76. The fraction of sp³-hybridized carbons (Fsp3) is 0.357. The van der Waals surface area contributed by atoms with E-state index < -0.39 is 0 Å². The number of hydrogen-bond donors (Lipinski definition) is 1. The molecule has 0 saturated heterocycles. The number of nitrogens with zero attached hydrogens (tertiary/aromatic N) is 1. The molecular formula is C14H17ClN2O3S. The molecule has 21 heavy (non-hydrogen) atoms. The molecule has 0 bridgehead atoms. The van der Waals surface area contributed by atoms with Crippen LogP contribution in [-0.4, -0.2) is 18.9 Å². The summed E-state index contributed by atoms with van der Waals surface area (Å²) >= 11 is 1.67. The van der Waals surface area contributed by atoms with Crippen LogP contribution in [0.15, 0.2) is 17.5 Å². The number of aryl methyl sites for hydroxylation is 1. The molecule has 1 aromatic carbocycles. The average molecular weight is 329 g/mol. The maximum Gasteiger partial charge on any atom is 0.231 e. The van der Waals surface area contributed by atoms with Gasteiger partial charge in [-0.2, -0.15) is 0 Å². The van der Waals surface area contributed by atoms with Gasteiger partial charge in [0.05, 0.1) is 7.11 Å². The Bertz CT molecular complexity index is 618. The fourth-order valence-corrected chi connectivity index (χ4v) is 2.83. The lowest BCUT2D eigenvalue weighted by molar-refractivity contribution is 0.171. The molecule has 0 radical (unpaired) electrons. The molecule has 0 spiro atoms. The van der Waals surface area contributed by atoms with E-state index in [0.29, 0.717) is 11.5 Å². The highest BCUT2D eigenvalue weighted by Gasteiger charge is 2.19. The van der Waals surface area contributed by atoms with Crippen LogP contribution in [-0.2, 0) is 13.1 Å². The summed E-state index contributed by atoms with van der Waals surface area (Å²) in [6.45, 7) is 3.74. The Balaban J connectivity index is 0.00000161. The second-order valence-electron chi connectivity index (χ2n) is 4.52. The van der Waals surface area contributed by atoms with Crippen molar-refractivity contribution in [2.75, 3.05) is 13.9 Å². The van der Waals surface area contributed by atoms with Gasteiger partial charge in [0.25, 0.3) is 0 Å². The maximum absolute atomic E-state index is 5.41. The van der Waals surface area contributed by atoms with Gasteiger partial charge in [0.15, 0.2) is 11.5 Å². The Morgan fingerprint density at radius 3 is 2.90 bits per heavy atom. The summed E-state index contributed by atoms with van der Waals surface area (Å²) < 4.78 is 16.1. The molecule has 3 rings (SSSR count). The summed E-state index contributed by atoms with van der Waals surface area (Å²) in [6, 6.07) is 3.94. The van der Waals surface area contributed by atoms with Gasteiger partial charge in [-0.1, -0.05) is 0 Å². The van der Waals surface area contributed by atoms with E-state index in [4.69, 9.17) is 14.2 Å². The maximum atomic E-state index is 5.41. The molecule has 2 aromatic rings. The van der Waals surface area contributed by atoms with E-state index in [9.17, 15) is 0 Å². The van der Waals surface area contributed by atoms with E-state index in [1.165, 1.54) is 0 Å². The quantitative estimate of drug-likeness (QED) is 0.914. The van der Waals surface area contributed by atoms with Gasteiger partial charge in [-0.15, -0.1) is 23.7 Å². The molecule has 5 nitrogen and oxygen atoms in total. The highest BCUT2D eigenvalue weighted by atomic mass is 35.5. The highest BCUT2D eigenvalue weighted by molar-refractivity contribution is 7.09. The molecule has 1 aliphatic rings. The lowest BCUT2D eigenvalue weighted by Crippen LogP contribution is -2.12. The van der Waals surface area contributed by atoms with Crippen molar-refractivity contribution in [1.82, 2.24) is 10.3 Å². The van der Waals surface area contributed by atoms with Crippen LogP contribution in [0.2, 0.25) is 0 Å². The minimum atomic E-state index is 0. The molecule has 0 fully saturated rings. The molecule has 1 aliphatic heterocycles. The Morgan fingerprint density at radius 2 is 2.19 bits per heavy atom. The van der Waals surface area contributed by atoms with E-state index in [-0.39, 0.29) is 19.2 Å². The van der Waals surface area contributed by atoms with E-state index in [1.807, 2.05) is 19.1 Å². The molecule has 0 saturated carbocycles. The second-order valence-corrected chi connectivity index (χ2v) is 5.46. The van der Waals surface area contributed by atoms with Gasteiger partial charge >= 0.3 is 0 Å². The summed E-state index contributed by atoms with van der Waals surface area (Å²) in [4.78, 5) is 4.42. The predicted octanol–water partition coefficient (Wildman–Crippen LogP) is 2.90. The van der Waals surface area contributed by atoms with E-state index in [1.54, 1.807) is 18.4 Å². The van der Waals surface area contributed by atoms with Crippen molar-refractivity contribution in [3.05, 3.63) is 33.8 Å². The van der Waals surface area contributed by atoms with Gasteiger partial charge in [0, 0.05) is 24.2 Å². The predicted molar refractivity (Wildman–Crippen MR) is 83.8 cm³/mol. The normalized spacial score (nSPS) is 12.1. The van der Waals surface area contributed by atoms with Crippen molar-refractivity contribution >= 4 is 23.7 Å². The van der Waals surface area contributed by atoms with Gasteiger partial charge in [-0.25, -0.2) is 4.98 Å². The van der Waals surface area contributed by atoms with Crippen LogP contribution in [0.5, 0.6) is 17.2 Å². The second kappa shape index (κ2) is 6.98. The summed E-state index contributed by atoms with van der Waals surface area (Å²) in [5.41, 5.74) is 2.16. The zero-order valence-corrected chi connectivity index (χ0v) is 13.5. The summed E-state index contributed by atoms with van der Waals surface area (Å²) in [5, 5.41) is 6.52. The largest absolute Gasteiger partial charge is 0.493 e. The highest BCUT2D eigenvalue weighted by Crippen LogP contribution is 2.41. The third kappa shape index (κ3) is 3.58. The third-order valence-electron chi connectivity index (χ3n) is 2.99. The number of hydrogen-bond acceptors (Lipinski definition) is 6. The SMILES string of the molecule is COc1cc(CNCc2nc(C)cs2)cc2c1OCO2.Cl. The van der Waals surface area contributed by atoms with Crippen molar-refractivity contribution in [2.24, 2.45) is 0 Å². The number of ether oxygens (including phenoxy) is 3. The van der Waals surface area contributed by atoms with Crippen LogP contribution >= 0.6 is 23.7 Å². The Kier molecular flexibility index (Phi) is 5.27. The van der Waals surface area contributed by atoms with Gasteiger partial charge < -0.3 is 19.5 Å². The van der Waals surface area contributed by atoms with Crippen LogP contribution in [0, 0.1) is 6.92 Å². The average Bonchev–Trinajstić information content (AvgIpc) is 3.06. The number of methoxy groups -OCH3 is 1. The smallest absolute Gasteiger partial charge is 0.231 e. The minimum Gasteiger partial charge on any atom is -0.493 e. The first kappa shape index (κ1) is 15.9. The van der Waals surface area contributed by atoms with Crippen LogP contribution in [0.1, 0.15) is 16.3 Å². The fourth-order valence-electron chi connectivity index (χ4n) is 2.08. The van der Waals surface area contributed by atoms with Crippen LogP contribution in [0.3, 0.4) is 0 Å². The number of thiazole rings is 1. The molecule has 0 atom stereocenters. The molecule has 0 amide bonds. The lowest BCUT2D eigenvalue weighted by Gasteiger charge is -2.08. The zero-order valence-electron chi connectivity index (χ0n) is 11.8. The number of halogens is 1. The van der Waals surface area contributed by atoms with Gasteiger partial charge in [0.1, 0.15) is 5.01 Å². The monoisotopic (exact) mass is 328 g/mol. The molecule has 0 unspecified atom stereocenters. The molecule has 0 aliphatic carbocycles. The van der Waals surface area contributed by atoms with Crippen LogP contribution in [0.4, 0.5) is 0 Å². The van der Waals surface area contributed by atoms with Gasteiger partial charge in [0.2, 0.25) is 12.5 Å². The van der Waals surface area contributed by atoms with E-state index in [0.717, 1.165) is 35.1 Å². The molecule has 7 heteroatoms. The lowest BCUT2D eigenvalue weighted by atomic mass is 10.2. The molecule has 1 aromatic heterocycles. The standard InChI is InChI=1S/C14H16N2O3S.ClH/c1-9-7-20-13(16-9)6-15-5-10-3-11(17-2)14-12(4-10)18-8-19-14;/h3-4,7,15H,5-6,8H2,1-2H3;1H. The number of benzene rings is 1. The van der Waals surface area contributed by atoms with Gasteiger partial charge in [-0.3, -0.25) is 0 Å². The molecule has 114 valence electrons. The number of aromatic nitrogens is 1. The Hall–Kier alpha value is -1.50. The zero-order chi connectivity index (χ0) is 13.9. The number of rotatable bonds is 5. The Labute approximate surface area is 133 Å². The molecular weight excluding hydrogens is 312 g/mol. The topological polar surface area (TPSA) is 52.6 Å². The van der Waals surface area contributed by atoms with E-state index in [2.05, 4.69) is 15.7 Å². The van der Waals surface area contributed by atoms with Crippen LogP contribution in [0.25, 0.3) is 0 Å². The van der Waals surface area contributed by atoms with Crippen molar-refractivity contribution in [3.63, 3.8) is 0 Å². The van der Waals surface area contributed by atoms with Crippen molar-refractivity contribution in [3.8, 4) is 17.2 Å². The minimum absolute atomic E-state index is 0. The van der Waals surface area contributed by atoms with E-state index >= 15 is 0 Å². The van der Waals surface area contributed by atoms with Gasteiger partial charge in [-0.05, 0) is 24.6 Å². The molecule has 1 N–H and O–H groups in total. The summed E-state index contributed by atoms with van der Waals surface area (Å²) in [6.07, 6.45) is 0. The molecule has 2 heterocycles. The number of nitrogens with one attached hydrogen (secondary N) is 1. The first-order valence-electron chi connectivity index (χ1n) is 6.34. The number of fused-ring (bicyclic) bond motifs is 1. The first-order valence-corrected chi connectivity index (χ1v) is 7.22. The van der Waals surface area contributed by atoms with Crippen molar-refractivity contribution < 1.29 is 14.2 Å². The van der Waals surface area contributed by atoms with Crippen LogP contribution < -0.4 is 19.5 Å². The third-order valence-corrected chi connectivity index (χ3v) is 3.96. The van der Waals surface area contributed by atoms with Crippen molar-refractivity contribution in [2.45, 2.75) is 20.0 Å². The summed E-state index contributed by atoms with van der Waals surface area (Å²) in [7, 11) is 1.63. The van der Waals surface area contributed by atoms with Crippen molar-refractivity contribution in [1.29, 1.82) is 0 Å².